The summed E-state index contributed by atoms with van der Waals surface area (Å²) in [4.78, 5) is 30.9. The van der Waals surface area contributed by atoms with Crippen molar-refractivity contribution in [3.05, 3.63) is 28.8 Å². The number of carbonyl (C=O) groups excluding carboxylic acids is 2. The molecule has 1 aromatic rings. The number of nitrogens with one attached hydrogen (secondary N) is 1. The van der Waals surface area contributed by atoms with E-state index in [2.05, 4.69) is 19.2 Å². The van der Waals surface area contributed by atoms with Crippen molar-refractivity contribution in [2.24, 2.45) is 22.1 Å². The number of rotatable bonds is 6. The van der Waals surface area contributed by atoms with Crippen molar-refractivity contribution in [3.63, 3.8) is 0 Å². The molecule has 1 aromatic carbocycles. The van der Waals surface area contributed by atoms with Gasteiger partial charge in [-0.25, -0.2) is 4.79 Å². The van der Waals surface area contributed by atoms with E-state index in [1.54, 1.807) is 7.05 Å². The van der Waals surface area contributed by atoms with Gasteiger partial charge in [0.1, 0.15) is 17.1 Å². The van der Waals surface area contributed by atoms with Crippen molar-refractivity contribution in [2.45, 2.75) is 78.2 Å². The molecule has 3 aliphatic rings. The number of aryl methyl sites for hydroxylation is 2. The predicted molar refractivity (Wildman–Crippen MR) is 145 cm³/mol. The van der Waals surface area contributed by atoms with Crippen molar-refractivity contribution in [1.29, 1.82) is 0 Å². The molecule has 1 spiro atoms. The summed E-state index contributed by atoms with van der Waals surface area (Å²) < 4.78 is 15.1. The molecule has 1 saturated heterocycles. The fraction of sp³-hybridized carbons (Fsp3) is 0.667. The number of primary amides is 1. The predicted octanol–water partition coefficient (Wildman–Crippen LogP) is 3.60. The summed E-state index contributed by atoms with van der Waals surface area (Å²) in [7, 11) is 1.65. The van der Waals surface area contributed by atoms with Crippen molar-refractivity contribution in [1.82, 2.24) is 9.62 Å². The molecule has 9 heteroatoms. The van der Waals surface area contributed by atoms with Crippen LogP contribution in [-0.2, 0) is 22.6 Å². The molecule has 3 amide bonds. The van der Waals surface area contributed by atoms with Gasteiger partial charge < -0.3 is 15.6 Å². The van der Waals surface area contributed by atoms with Crippen LogP contribution in [0, 0.1) is 25.2 Å². The van der Waals surface area contributed by atoms with Gasteiger partial charge in [0.2, 0.25) is 0 Å². The van der Waals surface area contributed by atoms with E-state index in [9.17, 15) is 14.1 Å². The first-order valence-electron chi connectivity index (χ1n) is 13.1. The summed E-state index contributed by atoms with van der Waals surface area (Å²) in [6.07, 6.45) is 6.39. The average molecular weight is 516 g/mol. The molecular weight excluding hydrogens is 474 g/mol. The quantitative estimate of drug-likeness (QED) is 0.563. The van der Waals surface area contributed by atoms with Gasteiger partial charge in [-0.2, -0.15) is 0 Å². The molecular formula is C27H41N5O3S. The third kappa shape index (κ3) is 5.58. The topological polar surface area (TPSA) is 114 Å². The smallest absolute Gasteiger partial charge is 0.318 e. The van der Waals surface area contributed by atoms with Crippen LogP contribution in [0.3, 0.4) is 0 Å². The SMILES string of the molecule is Cc1cc(N(C)C(N)=O)cc(C)c1CC[S+]([O-])N1CCC2(CC1)N=C(C1CCC(C)(C)CC1)NC2=O. The second-order valence-electron chi connectivity index (χ2n) is 11.6. The first-order valence-corrected chi connectivity index (χ1v) is 14.4. The second-order valence-corrected chi connectivity index (χ2v) is 13.1. The van der Waals surface area contributed by atoms with Gasteiger partial charge in [-0.15, -0.1) is 4.31 Å². The minimum absolute atomic E-state index is 0.0278. The van der Waals surface area contributed by atoms with E-state index in [1.165, 1.54) is 4.90 Å². The van der Waals surface area contributed by atoms with Crippen LogP contribution in [0.2, 0.25) is 0 Å². The Morgan fingerprint density at radius 2 is 1.78 bits per heavy atom. The molecule has 3 N–H and O–H groups in total. The van der Waals surface area contributed by atoms with Gasteiger partial charge in [0, 0.05) is 49.5 Å². The molecule has 36 heavy (non-hydrogen) atoms. The summed E-state index contributed by atoms with van der Waals surface area (Å²) in [5.41, 5.74) is 9.13. The first kappa shape index (κ1) is 26.9. The zero-order valence-corrected chi connectivity index (χ0v) is 23.2. The molecule has 1 unspecified atom stereocenters. The number of piperidine rings is 1. The zero-order valence-electron chi connectivity index (χ0n) is 22.4. The van der Waals surface area contributed by atoms with E-state index in [1.807, 2.05) is 30.3 Å². The number of benzene rings is 1. The van der Waals surface area contributed by atoms with Gasteiger partial charge >= 0.3 is 6.03 Å². The van der Waals surface area contributed by atoms with Gasteiger partial charge in [0.15, 0.2) is 0 Å². The molecule has 4 rings (SSSR count). The molecule has 0 aromatic heterocycles. The molecule has 2 fully saturated rings. The summed E-state index contributed by atoms with van der Waals surface area (Å²) in [5, 5.41) is 3.12. The van der Waals surface area contributed by atoms with E-state index < -0.39 is 22.9 Å². The number of aliphatic imine (C=N–C) groups is 1. The highest BCUT2D eigenvalue weighted by molar-refractivity contribution is 7.89. The Bertz CT molecular complexity index is 1010. The summed E-state index contributed by atoms with van der Waals surface area (Å²) in [6, 6.07) is 3.39. The van der Waals surface area contributed by atoms with Gasteiger partial charge in [0.05, 0.1) is 0 Å². The number of nitrogens with zero attached hydrogens (tertiary/aromatic N) is 3. The number of amidine groups is 1. The maximum atomic E-state index is 13.1. The molecule has 1 saturated carbocycles. The van der Waals surface area contributed by atoms with Crippen molar-refractivity contribution in [2.75, 3.05) is 30.8 Å². The Hall–Kier alpha value is -2.10. The van der Waals surface area contributed by atoms with Gasteiger partial charge in [-0.1, -0.05) is 13.8 Å². The monoisotopic (exact) mass is 515 g/mol. The van der Waals surface area contributed by atoms with E-state index in [4.69, 9.17) is 10.7 Å². The number of hydrogen-bond donors (Lipinski definition) is 2. The Kier molecular flexibility index (Phi) is 7.74. The van der Waals surface area contributed by atoms with Crippen LogP contribution in [0.4, 0.5) is 10.5 Å². The van der Waals surface area contributed by atoms with E-state index in [0.29, 0.717) is 49.4 Å². The van der Waals surface area contributed by atoms with Crippen LogP contribution in [0.15, 0.2) is 17.1 Å². The normalized spacial score (nSPS) is 22.8. The Balaban J connectivity index is 1.33. The number of nitrogens with two attached hydrogens (primary N) is 1. The highest BCUT2D eigenvalue weighted by atomic mass is 32.2. The minimum Gasteiger partial charge on any atom is -0.598 e. The van der Waals surface area contributed by atoms with Crippen LogP contribution in [0.25, 0.3) is 0 Å². The maximum Gasteiger partial charge on any atom is 0.318 e. The highest BCUT2D eigenvalue weighted by Crippen LogP contribution is 2.40. The molecule has 198 valence electrons. The summed E-state index contributed by atoms with van der Waals surface area (Å²) >= 11 is -1.13. The Morgan fingerprint density at radius 3 is 2.33 bits per heavy atom. The fourth-order valence-electron chi connectivity index (χ4n) is 5.81. The van der Waals surface area contributed by atoms with E-state index >= 15 is 0 Å². The highest BCUT2D eigenvalue weighted by Gasteiger charge is 2.48. The lowest BCUT2D eigenvalue weighted by Crippen LogP contribution is -2.51. The van der Waals surface area contributed by atoms with E-state index in [-0.39, 0.29) is 5.91 Å². The number of carbonyl (C=O) groups is 2. The van der Waals surface area contributed by atoms with Crippen LogP contribution in [-0.4, -0.2) is 58.1 Å². The Morgan fingerprint density at radius 1 is 1.19 bits per heavy atom. The molecule has 1 aliphatic carbocycles. The van der Waals surface area contributed by atoms with Gasteiger partial charge in [0.25, 0.3) is 5.91 Å². The first-order chi connectivity index (χ1) is 16.9. The largest absolute Gasteiger partial charge is 0.598 e. The van der Waals surface area contributed by atoms with Crippen LogP contribution in [0.1, 0.15) is 69.1 Å². The average Bonchev–Trinajstić information content (AvgIpc) is 3.13. The van der Waals surface area contributed by atoms with Crippen molar-refractivity contribution >= 4 is 34.8 Å². The summed E-state index contributed by atoms with van der Waals surface area (Å²) in [6.45, 7) is 9.86. The number of amides is 3. The standard InChI is InChI=1S/C27H41N5O3S/c1-18-16-21(31(5)25(28)34)17-19(2)22(18)8-15-36(35)32-13-11-27(12-14-32)24(33)29-23(30-27)20-6-9-26(3,4)10-7-20/h16-17,20H,6-15H2,1-5H3,(H2,28,34)(H,29,30,33). The van der Waals surface area contributed by atoms with Gasteiger partial charge in [-0.05, 0) is 86.6 Å². The van der Waals surface area contributed by atoms with E-state index in [0.717, 1.165) is 53.9 Å². The van der Waals surface area contributed by atoms with Gasteiger partial charge in [-0.3, -0.25) is 14.7 Å². The molecule has 0 bridgehead atoms. The van der Waals surface area contributed by atoms with Crippen molar-refractivity contribution < 1.29 is 14.1 Å². The fourth-order valence-corrected chi connectivity index (χ4v) is 7.04. The molecule has 8 nitrogen and oxygen atoms in total. The maximum absolute atomic E-state index is 13.1. The number of hydrogen-bond acceptors (Lipinski definition) is 5. The zero-order chi connectivity index (χ0) is 26.3. The minimum atomic E-state index is -1.13. The lowest BCUT2D eigenvalue weighted by atomic mass is 9.73. The molecule has 1 atom stereocenters. The van der Waals surface area contributed by atoms with Crippen LogP contribution in [0.5, 0.6) is 0 Å². The summed E-state index contributed by atoms with van der Waals surface area (Å²) in [5.74, 6) is 1.80. The molecule has 2 heterocycles. The Labute approximate surface area is 218 Å². The lowest BCUT2D eigenvalue weighted by molar-refractivity contribution is -0.125. The van der Waals surface area contributed by atoms with Crippen molar-refractivity contribution in [3.8, 4) is 0 Å². The lowest BCUT2D eigenvalue weighted by Gasteiger charge is -2.35. The third-order valence-corrected chi connectivity index (χ3v) is 9.98. The van der Waals surface area contributed by atoms with Crippen LogP contribution < -0.4 is 16.0 Å². The third-order valence-electron chi connectivity index (χ3n) is 8.49. The second kappa shape index (κ2) is 10.3. The molecule has 2 aliphatic heterocycles. The number of urea groups is 1. The number of anilines is 1. The molecule has 0 radical (unpaired) electrons. The van der Waals surface area contributed by atoms with Crippen LogP contribution >= 0.6 is 0 Å².